The summed E-state index contributed by atoms with van der Waals surface area (Å²) in [7, 11) is 0. The highest BCUT2D eigenvalue weighted by Gasteiger charge is 2.13. The average Bonchev–Trinajstić information content (AvgIpc) is 2.92. The number of anilines is 1. The lowest BCUT2D eigenvalue weighted by Gasteiger charge is -2.18. The van der Waals surface area contributed by atoms with Gasteiger partial charge in [0.15, 0.2) is 5.88 Å². The number of nitro groups is 1. The topological polar surface area (TPSA) is 83.3 Å². The van der Waals surface area contributed by atoms with Crippen molar-refractivity contribution in [3.05, 3.63) is 57.8 Å². The second kappa shape index (κ2) is 7.67. The molecule has 0 atom stereocenters. The Morgan fingerprint density at radius 2 is 1.80 bits per heavy atom. The molecule has 25 heavy (non-hydrogen) atoms. The van der Waals surface area contributed by atoms with E-state index >= 15 is 0 Å². The molecule has 1 aliphatic rings. The summed E-state index contributed by atoms with van der Waals surface area (Å²) in [5.74, 6) is 1.43. The van der Waals surface area contributed by atoms with E-state index in [1.807, 2.05) is 12.1 Å². The fourth-order valence-electron chi connectivity index (χ4n) is 2.97. The molecule has 1 aromatic carbocycles. The molecule has 0 N–H and O–H groups in total. The molecular formula is C19H19N3O3. The molecule has 0 saturated carbocycles. The van der Waals surface area contributed by atoms with Gasteiger partial charge >= 0.3 is 0 Å². The van der Waals surface area contributed by atoms with Crippen LogP contribution in [0.5, 0.6) is 0 Å². The number of furan rings is 1. The number of hydrogen-bond donors (Lipinski definition) is 0. The van der Waals surface area contributed by atoms with E-state index in [1.165, 1.54) is 25.0 Å². The molecule has 2 heterocycles. The van der Waals surface area contributed by atoms with E-state index in [1.54, 1.807) is 18.2 Å². The zero-order valence-electron chi connectivity index (χ0n) is 13.9. The van der Waals surface area contributed by atoms with Crippen LogP contribution in [0.1, 0.15) is 37.0 Å². The van der Waals surface area contributed by atoms with Crippen molar-refractivity contribution in [3.63, 3.8) is 0 Å². The minimum Gasteiger partial charge on any atom is -0.441 e. The van der Waals surface area contributed by atoms with E-state index in [0.717, 1.165) is 31.8 Å². The Kier molecular flexibility index (Phi) is 5.14. The maximum atomic E-state index is 10.7. The highest BCUT2D eigenvalue weighted by Crippen LogP contribution is 2.26. The number of hydrogen-bond acceptors (Lipinski definition) is 5. The highest BCUT2D eigenvalue weighted by molar-refractivity contribution is 5.89. The summed E-state index contributed by atoms with van der Waals surface area (Å²) in [5.41, 5.74) is 1.04. The van der Waals surface area contributed by atoms with E-state index in [0.29, 0.717) is 16.9 Å². The van der Waals surface area contributed by atoms with Gasteiger partial charge in [0.05, 0.1) is 16.6 Å². The summed E-state index contributed by atoms with van der Waals surface area (Å²) < 4.78 is 5.88. The Hall–Kier alpha value is -3.07. The van der Waals surface area contributed by atoms with Crippen molar-refractivity contribution in [2.45, 2.75) is 25.7 Å². The molecule has 6 nitrogen and oxygen atoms in total. The Morgan fingerprint density at radius 3 is 2.40 bits per heavy atom. The predicted octanol–water partition coefficient (Wildman–Crippen LogP) is 4.63. The molecule has 1 aromatic heterocycles. The molecule has 1 fully saturated rings. The molecule has 2 aromatic rings. The molecule has 0 unspecified atom stereocenters. The molecule has 6 heteroatoms. The molecule has 0 spiro atoms. The van der Waals surface area contributed by atoms with Gasteiger partial charge in [-0.25, -0.2) is 0 Å². The van der Waals surface area contributed by atoms with Crippen LogP contribution in [0.2, 0.25) is 0 Å². The normalized spacial score (nSPS) is 15.5. The predicted molar refractivity (Wildman–Crippen MR) is 96.0 cm³/mol. The van der Waals surface area contributed by atoms with Gasteiger partial charge in [-0.1, -0.05) is 12.8 Å². The minimum atomic E-state index is -0.459. The summed E-state index contributed by atoms with van der Waals surface area (Å²) in [4.78, 5) is 12.5. The third-order valence-electron chi connectivity index (χ3n) is 4.33. The number of non-ortho nitro benzene ring substituents is 1. The number of nitro benzene ring substituents is 1. The zero-order chi connectivity index (χ0) is 17.6. The highest BCUT2D eigenvalue weighted by atomic mass is 16.6. The summed E-state index contributed by atoms with van der Waals surface area (Å²) in [5, 5.41) is 20.1. The Bertz CT molecular complexity index is 807. The van der Waals surface area contributed by atoms with Crippen LogP contribution in [-0.4, -0.2) is 18.0 Å². The van der Waals surface area contributed by atoms with Crippen LogP contribution in [0.15, 0.2) is 40.8 Å². The Balaban J connectivity index is 1.80. The van der Waals surface area contributed by atoms with Crippen molar-refractivity contribution in [1.29, 1.82) is 5.26 Å². The van der Waals surface area contributed by atoms with Crippen molar-refractivity contribution in [2.24, 2.45) is 0 Å². The molecule has 1 aliphatic heterocycles. The molecule has 1 saturated heterocycles. The lowest BCUT2D eigenvalue weighted by atomic mass is 10.1. The number of nitriles is 1. The van der Waals surface area contributed by atoms with Gasteiger partial charge in [0.1, 0.15) is 5.76 Å². The first-order chi connectivity index (χ1) is 12.2. The fraction of sp³-hybridized carbons (Fsp3) is 0.316. The average molecular weight is 337 g/mol. The second-order valence-corrected chi connectivity index (χ2v) is 6.05. The number of benzene rings is 1. The van der Waals surface area contributed by atoms with Crippen LogP contribution >= 0.6 is 0 Å². The first-order valence-corrected chi connectivity index (χ1v) is 8.39. The first-order valence-electron chi connectivity index (χ1n) is 8.39. The van der Waals surface area contributed by atoms with Crippen LogP contribution in [0, 0.1) is 21.4 Å². The number of rotatable bonds is 4. The summed E-state index contributed by atoms with van der Waals surface area (Å²) >= 11 is 0. The largest absolute Gasteiger partial charge is 0.441 e. The van der Waals surface area contributed by atoms with Gasteiger partial charge in [-0.2, -0.15) is 5.26 Å². The monoisotopic (exact) mass is 337 g/mol. The Labute approximate surface area is 146 Å². The SMILES string of the molecule is N#C/C(=C/c1ccc(N2CCCCCC2)o1)c1ccc([N+](=O)[O-])cc1. The van der Waals surface area contributed by atoms with Crippen LogP contribution < -0.4 is 4.90 Å². The third-order valence-corrected chi connectivity index (χ3v) is 4.33. The summed E-state index contributed by atoms with van der Waals surface area (Å²) in [6, 6.07) is 11.9. The van der Waals surface area contributed by atoms with E-state index < -0.39 is 4.92 Å². The van der Waals surface area contributed by atoms with Gasteiger partial charge in [-0.15, -0.1) is 0 Å². The van der Waals surface area contributed by atoms with Crippen molar-refractivity contribution >= 4 is 23.2 Å². The summed E-state index contributed by atoms with van der Waals surface area (Å²) in [6.07, 6.45) is 6.50. The molecular weight excluding hydrogens is 318 g/mol. The molecule has 3 rings (SSSR count). The molecule has 128 valence electrons. The van der Waals surface area contributed by atoms with Gasteiger partial charge in [0.2, 0.25) is 0 Å². The van der Waals surface area contributed by atoms with Crippen LogP contribution in [-0.2, 0) is 0 Å². The maximum absolute atomic E-state index is 10.7. The van der Waals surface area contributed by atoms with E-state index in [4.69, 9.17) is 4.42 Å². The zero-order valence-corrected chi connectivity index (χ0v) is 13.9. The van der Waals surface area contributed by atoms with Gasteiger partial charge < -0.3 is 9.32 Å². The van der Waals surface area contributed by atoms with E-state index in [9.17, 15) is 15.4 Å². The van der Waals surface area contributed by atoms with Gasteiger partial charge in [-0.05, 0) is 42.7 Å². The van der Waals surface area contributed by atoms with Gasteiger partial charge in [-0.3, -0.25) is 10.1 Å². The third kappa shape index (κ3) is 4.07. The smallest absolute Gasteiger partial charge is 0.269 e. The van der Waals surface area contributed by atoms with Crippen molar-refractivity contribution in [2.75, 3.05) is 18.0 Å². The van der Waals surface area contributed by atoms with E-state index in [-0.39, 0.29) is 5.69 Å². The minimum absolute atomic E-state index is 0.00230. The number of nitrogens with zero attached hydrogens (tertiary/aromatic N) is 3. The van der Waals surface area contributed by atoms with Gasteiger partial charge in [0, 0.05) is 31.3 Å². The van der Waals surface area contributed by atoms with Crippen LogP contribution in [0.25, 0.3) is 11.6 Å². The Morgan fingerprint density at radius 1 is 1.12 bits per heavy atom. The summed E-state index contributed by atoms with van der Waals surface area (Å²) in [6.45, 7) is 1.98. The van der Waals surface area contributed by atoms with Crippen LogP contribution in [0.3, 0.4) is 0 Å². The first kappa shape index (κ1) is 16.8. The lowest BCUT2D eigenvalue weighted by molar-refractivity contribution is -0.384. The molecule has 0 bridgehead atoms. The molecule has 0 aliphatic carbocycles. The van der Waals surface area contributed by atoms with Crippen LogP contribution in [0.4, 0.5) is 11.6 Å². The lowest BCUT2D eigenvalue weighted by Crippen LogP contribution is -2.23. The molecule has 0 amide bonds. The number of allylic oxidation sites excluding steroid dienone is 1. The quantitative estimate of drug-likeness (QED) is 0.461. The van der Waals surface area contributed by atoms with Crippen molar-refractivity contribution < 1.29 is 9.34 Å². The van der Waals surface area contributed by atoms with Gasteiger partial charge in [0.25, 0.3) is 5.69 Å². The molecule has 0 radical (unpaired) electrons. The maximum Gasteiger partial charge on any atom is 0.269 e. The van der Waals surface area contributed by atoms with Crippen molar-refractivity contribution in [1.82, 2.24) is 0 Å². The standard InChI is InChI=1S/C19H19N3O3/c20-14-16(15-5-7-17(8-6-15)22(23)24)13-18-9-10-19(25-18)21-11-3-1-2-4-12-21/h5-10,13H,1-4,11-12H2/b16-13-. The second-order valence-electron chi connectivity index (χ2n) is 6.05. The van der Waals surface area contributed by atoms with Crippen molar-refractivity contribution in [3.8, 4) is 6.07 Å². The van der Waals surface area contributed by atoms with E-state index in [2.05, 4.69) is 11.0 Å². The fourth-order valence-corrected chi connectivity index (χ4v) is 2.97.